The van der Waals surface area contributed by atoms with Gasteiger partial charge in [0, 0.05) is 12.1 Å². The Hall–Kier alpha value is -2.34. The maximum Gasteiger partial charge on any atom is 0.470 e. The Morgan fingerprint density at radius 1 is 1.33 bits per heavy atom. The summed E-state index contributed by atoms with van der Waals surface area (Å²) >= 11 is -2.69. The second-order valence-corrected chi connectivity index (χ2v) is 4.53. The van der Waals surface area contributed by atoms with E-state index in [4.69, 9.17) is 4.55 Å². The predicted molar refractivity (Wildman–Crippen MR) is 60.4 cm³/mol. The van der Waals surface area contributed by atoms with Crippen LogP contribution >= 0.6 is 0 Å². The molecule has 1 heterocycles. The summed E-state index contributed by atoms with van der Waals surface area (Å²) in [5.74, 6) is -2.31. The fraction of sp³-hybridized carbons (Fsp3) is 0.111. The van der Waals surface area contributed by atoms with Crippen LogP contribution in [0.2, 0.25) is 0 Å². The highest BCUT2D eigenvalue weighted by Gasteiger charge is 2.38. The summed E-state index contributed by atoms with van der Waals surface area (Å²) in [7, 11) is 0. The largest absolute Gasteiger partial charge is 0.470 e. The molecule has 1 aromatic heterocycles. The van der Waals surface area contributed by atoms with E-state index in [0.29, 0.717) is 0 Å². The molecule has 0 spiro atoms. The van der Waals surface area contributed by atoms with E-state index in [2.05, 4.69) is 14.6 Å². The molecule has 0 bridgehead atoms. The second-order valence-electron chi connectivity index (χ2n) is 3.60. The topological polar surface area (TPSA) is 119 Å². The van der Waals surface area contributed by atoms with Crippen LogP contribution in [0.1, 0.15) is 5.89 Å². The standard InChI is InChI=1S/C9H4F3N3O5S/c10-9(11,12)8-14-13-7(20-8)5-2-1-4(15(16)17)3-6(5)21(18)19/h1-3H,(H,18,19). The van der Waals surface area contributed by atoms with Crippen LogP contribution < -0.4 is 0 Å². The molecule has 0 radical (unpaired) electrons. The Kier molecular flexibility index (Phi) is 3.74. The summed E-state index contributed by atoms with van der Waals surface area (Å²) in [5, 5.41) is 16.5. The molecule has 112 valence electrons. The molecule has 0 saturated heterocycles. The fourth-order valence-electron chi connectivity index (χ4n) is 1.39. The average molecular weight is 323 g/mol. The molecular weight excluding hydrogens is 319 g/mol. The summed E-state index contributed by atoms with van der Waals surface area (Å²) in [4.78, 5) is 9.25. The van der Waals surface area contributed by atoms with Crippen LogP contribution in [0.15, 0.2) is 27.5 Å². The van der Waals surface area contributed by atoms with E-state index in [-0.39, 0.29) is 5.56 Å². The molecule has 0 aliphatic rings. The van der Waals surface area contributed by atoms with Crippen LogP contribution in [0.3, 0.4) is 0 Å². The molecular formula is C9H4F3N3O5S. The van der Waals surface area contributed by atoms with E-state index >= 15 is 0 Å². The minimum absolute atomic E-state index is 0.301. The molecule has 0 amide bonds. The molecule has 1 unspecified atom stereocenters. The SMILES string of the molecule is O=[N+]([O-])c1ccc(-c2nnc(C(F)(F)F)o2)c(S(=O)O)c1. The number of nitrogens with zero attached hydrogens (tertiary/aromatic N) is 3. The molecule has 21 heavy (non-hydrogen) atoms. The number of benzene rings is 1. The highest BCUT2D eigenvalue weighted by molar-refractivity contribution is 7.79. The quantitative estimate of drug-likeness (QED) is 0.522. The lowest BCUT2D eigenvalue weighted by Gasteiger charge is -2.02. The van der Waals surface area contributed by atoms with E-state index in [1.54, 1.807) is 0 Å². The van der Waals surface area contributed by atoms with Gasteiger partial charge in [0.2, 0.25) is 5.89 Å². The number of rotatable bonds is 3. The third-order valence-corrected chi connectivity index (χ3v) is 2.98. The average Bonchev–Trinajstić information content (AvgIpc) is 2.87. The maximum absolute atomic E-state index is 12.4. The number of hydrogen-bond donors (Lipinski definition) is 1. The molecule has 12 heteroatoms. The van der Waals surface area contributed by atoms with Crippen LogP contribution in [0.4, 0.5) is 18.9 Å². The molecule has 8 nitrogen and oxygen atoms in total. The number of halogens is 3. The maximum atomic E-state index is 12.4. The van der Waals surface area contributed by atoms with Crippen molar-refractivity contribution >= 4 is 16.8 Å². The van der Waals surface area contributed by atoms with Crippen molar-refractivity contribution in [2.45, 2.75) is 11.1 Å². The third kappa shape index (κ3) is 3.05. The van der Waals surface area contributed by atoms with Crippen molar-refractivity contribution in [2.24, 2.45) is 0 Å². The zero-order chi connectivity index (χ0) is 15.8. The van der Waals surface area contributed by atoms with E-state index in [1.807, 2.05) is 0 Å². The van der Waals surface area contributed by atoms with E-state index in [9.17, 15) is 27.5 Å². The summed E-state index contributed by atoms with van der Waals surface area (Å²) < 4.78 is 61.6. The number of aromatic nitrogens is 2. The lowest BCUT2D eigenvalue weighted by molar-refractivity contribution is -0.385. The molecule has 0 aliphatic carbocycles. The number of nitro groups is 1. The summed E-state index contributed by atoms with van der Waals surface area (Å²) in [5.41, 5.74) is -0.809. The minimum atomic E-state index is -4.87. The van der Waals surface area contributed by atoms with Crippen molar-refractivity contribution in [1.29, 1.82) is 0 Å². The van der Waals surface area contributed by atoms with Gasteiger partial charge in [-0.25, -0.2) is 4.21 Å². The van der Waals surface area contributed by atoms with Crippen molar-refractivity contribution < 1.29 is 31.3 Å². The highest BCUT2D eigenvalue weighted by atomic mass is 32.2. The molecule has 0 aliphatic heterocycles. The minimum Gasteiger partial charge on any atom is -0.413 e. The van der Waals surface area contributed by atoms with Crippen molar-refractivity contribution in [3.63, 3.8) is 0 Å². The highest BCUT2D eigenvalue weighted by Crippen LogP contribution is 2.33. The molecule has 2 aromatic rings. The summed E-state index contributed by atoms with van der Waals surface area (Å²) in [6, 6.07) is 2.63. The van der Waals surface area contributed by atoms with Gasteiger partial charge in [0.05, 0.1) is 15.4 Å². The second kappa shape index (κ2) is 5.21. The van der Waals surface area contributed by atoms with Crippen LogP contribution in [0.25, 0.3) is 11.5 Å². The van der Waals surface area contributed by atoms with E-state index < -0.39 is 44.5 Å². The summed E-state index contributed by atoms with van der Waals surface area (Å²) in [6.07, 6.45) is -4.87. The molecule has 2 rings (SSSR count). The predicted octanol–water partition coefficient (Wildman–Crippen LogP) is 2.24. The van der Waals surface area contributed by atoms with Crippen LogP contribution in [0, 0.1) is 10.1 Å². The number of non-ortho nitro benzene ring substituents is 1. The van der Waals surface area contributed by atoms with Crippen molar-refractivity contribution in [3.05, 3.63) is 34.2 Å². The van der Waals surface area contributed by atoms with Gasteiger partial charge in [0.1, 0.15) is 0 Å². The van der Waals surface area contributed by atoms with Crippen molar-refractivity contribution in [3.8, 4) is 11.5 Å². The zero-order valence-electron chi connectivity index (χ0n) is 9.70. The number of alkyl halides is 3. The van der Waals surface area contributed by atoms with Crippen LogP contribution in [0.5, 0.6) is 0 Å². The Balaban J connectivity index is 2.56. The number of hydrogen-bond acceptors (Lipinski definition) is 6. The van der Waals surface area contributed by atoms with Gasteiger partial charge in [-0.1, -0.05) is 0 Å². The first kappa shape index (κ1) is 15.1. The van der Waals surface area contributed by atoms with Gasteiger partial charge in [-0.2, -0.15) is 13.2 Å². The van der Waals surface area contributed by atoms with Gasteiger partial charge in [0.25, 0.3) is 5.69 Å². The molecule has 0 saturated carbocycles. The Labute approximate surface area is 116 Å². The monoisotopic (exact) mass is 323 g/mol. The first-order chi connectivity index (χ1) is 9.70. The van der Waals surface area contributed by atoms with Gasteiger partial charge in [0.15, 0.2) is 11.1 Å². The van der Waals surface area contributed by atoms with E-state index in [0.717, 1.165) is 18.2 Å². The molecule has 1 atom stereocenters. The van der Waals surface area contributed by atoms with E-state index in [1.165, 1.54) is 0 Å². The van der Waals surface area contributed by atoms with Gasteiger partial charge in [-0.15, -0.1) is 10.2 Å². The van der Waals surface area contributed by atoms with Gasteiger partial charge in [-0.05, 0) is 6.07 Å². The fourth-order valence-corrected chi connectivity index (χ4v) is 1.96. The Morgan fingerprint density at radius 2 is 2.00 bits per heavy atom. The van der Waals surface area contributed by atoms with Crippen molar-refractivity contribution in [2.75, 3.05) is 0 Å². The van der Waals surface area contributed by atoms with Crippen LogP contribution in [-0.2, 0) is 17.3 Å². The summed E-state index contributed by atoms with van der Waals surface area (Å²) in [6.45, 7) is 0. The Bertz CT molecular complexity index is 730. The zero-order valence-corrected chi connectivity index (χ0v) is 10.5. The van der Waals surface area contributed by atoms with Crippen molar-refractivity contribution in [1.82, 2.24) is 10.2 Å². The third-order valence-electron chi connectivity index (χ3n) is 2.26. The first-order valence-electron chi connectivity index (χ1n) is 5.00. The lowest BCUT2D eigenvalue weighted by atomic mass is 10.2. The Morgan fingerprint density at radius 3 is 2.48 bits per heavy atom. The first-order valence-corrected chi connectivity index (χ1v) is 6.11. The molecule has 1 N–H and O–H groups in total. The smallest absolute Gasteiger partial charge is 0.413 e. The number of nitro benzene ring substituents is 1. The molecule has 0 fully saturated rings. The van der Waals surface area contributed by atoms with Crippen LogP contribution in [-0.4, -0.2) is 23.9 Å². The van der Waals surface area contributed by atoms with Gasteiger partial charge >= 0.3 is 12.1 Å². The molecule has 1 aromatic carbocycles. The van der Waals surface area contributed by atoms with Gasteiger partial charge in [-0.3, -0.25) is 10.1 Å². The lowest BCUT2D eigenvalue weighted by Crippen LogP contribution is -2.04. The normalized spacial score (nSPS) is 13.1. The van der Waals surface area contributed by atoms with Gasteiger partial charge < -0.3 is 8.97 Å².